The number of hydrogen-bond acceptors (Lipinski definition) is 4. The number of fused-ring (bicyclic) bond motifs is 1. The molecule has 0 unspecified atom stereocenters. The van der Waals surface area contributed by atoms with Gasteiger partial charge in [0.25, 0.3) is 0 Å². The average molecular weight is 415 g/mol. The minimum Gasteiger partial charge on any atom is -0.434 e. The van der Waals surface area contributed by atoms with Gasteiger partial charge in [0.2, 0.25) is 5.91 Å². The Bertz CT molecular complexity index is 977. The lowest BCUT2D eigenvalue weighted by molar-refractivity contribution is -0.137. The molecule has 1 fully saturated rings. The summed E-state index contributed by atoms with van der Waals surface area (Å²) in [5.74, 6) is -0.242. The van der Waals surface area contributed by atoms with E-state index in [0.29, 0.717) is 30.5 Å². The molecule has 4 rings (SSSR count). The molecule has 30 heavy (non-hydrogen) atoms. The quantitative estimate of drug-likeness (QED) is 0.735. The Labute approximate surface area is 173 Å². The Kier molecular flexibility index (Phi) is 5.56. The van der Waals surface area contributed by atoms with Crippen LogP contribution in [0.2, 0.25) is 0 Å². The molecule has 1 N–H and O–H groups in total. The number of hydrogen-bond donors (Lipinski definition) is 1. The van der Waals surface area contributed by atoms with Crippen molar-refractivity contribution < 1.29 is 28.2 Å². The Balaban J connectivity index is 1.53. The van der Waals surface area contributed by atoms with Crippen LogP contribution in [0.1, 0.15) is 39.9 Å². The lowest BCUT2D eigenvalue weighted by Crippen LogP contribution is -2.38. The molecule has 2 aromatic carbocycles. The van der Waals surface area contributed by atoms with Crippen LogP contribution in [0.4, 0.5) is 8.78 Å². The summed E-state index contributed by atoms with van der Waals surface area (Å²) in [6, 6.07) is 11.9. The number of rotatable bonds is 6. The summed E-state index contributed by atoms with van der Waals surface area (Å²) >= 11 is 0. The molecule has 0 aromatic heterocycles. The van der Waals surface area contributed by atoms with Crippen molar-refractivity contribution in [2.24, 2.45) is 5.41 Å². The summed E-state index contributed by atoms with van der Waals surface area (Å²) in [5, 5.41) is 9.12. The fourth-order valence-electron chi connectivity index (χ4n) is 4.62. The molecule has 5 nitrogen and oxygen atoms in total. The van der Waals surface area contributed by atoms with Gasteiger partial charge in [0.15, 0.2) is 5.78 Å². The van der Waals surface area contributed by atoms with Crippen LogP contribution in [0, 0.1) is 5.41 Å². The second kappa shape index (κ2) is 8.14. The SMILES string of the molecule is O=C(CO)c1ccc2c(c1)C[C@@]1(CC2)CCN(Cc2ccccc2OC(F)F)C1=O. The Morgan fingerprint density at radius 1 is 1.17 bits per heavy atom. The van der Waals surface area contributed by atoms with Gasteiger partial charge in [-0.2, -0.15) is 8.78 Å². The number of Topliss-reactive ketones (excluding diaryl/α,β-unsaturated/α-hetero) is 1. The van der Waals surface area contributed by atoms with E-state index in [1.54, 1.807) is 35.2 Å². The van der Waals surface area contributed by atoms with Gasteiger partial charge < -0.3 is 14.7 Å². The Hall–Kier alpha value is -2.80. The van der Waals surface area contributed by atoms with Gasteiger partial charge in [-0.05, 0) is 48.9 Å². The number of carbonyl (C=O) groups excluding carboxylic acids is 2. The van der Waals surface area contributed by atoms with Gasteiger partial charge in [-0.25, -0.2) is 0 Å². The first-order valence-corrected chi connectivity index (χ1v) is 10.00. The first kappa shape index (κ1) is 20.5. The summed E-state index contributed by atoms with van der Waals surface area (Å²) < 4.78 is 30.0. The number of halogens is 2. The van der Waals surface area contributed by atoms with Crippen LogP contribution in [-0.4, -0.2) is 41.5 Å². The minimum absolute atomic E-state index is 0.0129. The molecule has 1 saturated heterocycles. The molecule has 7 heteroatoms. The van der Waals surface area contributed by atoms with Crippen LogP contribution in [0.5, 0.6) is 5.75 Å². The fraction of sp³-hybridized carbons (Fsp3) is 0.391. The number of aliphatic hydroxyl groups excluding tert-OH is 1. The van der Waals surface area contributed by atoms with E-state index in [9.17, 15) is 18.4 Å². The fourth-order valence-corrected chi connectivity index (χ4v) is 4.62. The van der Waals surface area contributed by atoms with Gasteiger partial charge in [0, 0.05) is 24.2 Å². The maximum atomic E-state index is 13.3. The number of aliphatic hydroxyl groups is 1. The Morgan fingerprint density at radius 3 is 2.73 bits per heavy atom. The number of carbonyl (C=O) groups is 2. The van der Waals surface area contributed by atoms with Crippen LogP contribution in [-0.2, 0) is 24.2 Å². The number of para-hydroxylation sites is 1. The number of alkyl halides is 2. The van der Waals surface area contributed by atoms with Gasteiger partial charge in [-0.15, -0.1) is 0 Å². The third-order valence-electron chi connectivity index (χ3n) is 6.22. The molecule has 1 atom stereocenters. The monoisotopic (exact) mass is 415 g/mol. The third-order valence-corrected chi connectivity index (χ3v) is 6.22. The van der Waals surface area contributed by atoms with Crippen molar-refractivity contribution in [2.75, 3.05) is 13.2 Å². The highest BCUT2D eigenvalue weighted by Gasteiger charge is 2.48. The first-order chi connectivity index (χ1) is 14.4. The molecule has 2 aromatic rings. The van der Waals surface area contributed by atoms with Crippen LogP contribution in [0.3, 0.4) is 0 Å². The van der Waals surface area contributed by atoms with Gasteiger partial charge in [0.05, 0.1) is 5.41 Å². The van der Waals surface area contributed by atoms with Crippen molar-refractivity contribution in [1.82, 2.24) is 4.90 Å². The van der Waals surface area contributed by atoms with Crippen molar-refractivity contribution in [3.63, 3.8) is 0 Å². The number of nitrogens with zero attached hydrogens (tertiary/aromatic N) is 1. The number of amides is 1. The van der Waals surface area contributed by atoms with Crippen LogP contribution >= 0.6 is 0 Å². The lowest BCUT2D eigenvalue weighted by Gasteiger charge is -2.33. The maximum Gasteiger partial charge on any atom is 0.387 e. The summed E-state index contributed by atoms with van der Waals surface area (Å²) in [5.41, 5.74) is 2.56. The second-order valence-corrected chi connectivity index (χ2v) is 7.98. The van der Waals surface area contributed by atoms with E-state index in [1.807, 2.05) is 6.07 Å². The summed E-state index contributed by atoms with van der Waals surface area (Å²) in [7, 11) is 0. The van der Waals surface area contributed by atoms with E-state index in [0.717, 1.165) is 24.0 Å². The minimum atomic E-state index is -2.92. The standard InChI is InChI=1S/C23H23F2NO4/c24-22(25)30-20-4-2-1-3-17(20)13-26-10-9-23(21(26)29)8-7-15-5-6-16(19(28)14-27)11-18(15)12-23/h1-6,11,22,27H,7-10,12-14H2/t23-/m1/s1. The van der Waals surface area contributed by atoms with Crippen LogP contribution in [0.15, 0.2) is 42.5 Å². The average Bonchev–Trinajstić information content (AvgIpc) is 3.03. The number of ether oxygens (including phenoxy) is 1. The summed E-state index contributed by atoms with van der Waals surface area (Å²) in [6.45, 7) is -2.69. The molecule has 0 radical (unpaired) electrons. The zero-order valence-electron chi connectivity index (χ0n) is 16.4. The first-order valence-electron chi connectivity index (χ1n) is 10.00. The number of aryl methyl sites for hydroxylation is 1. The molecule has 1 amide bonds. The molecule has 1 heterocycles. The van der Waals surface area contributed by atoms with E-state index in [2.05, 4.69) is 4.74 Å². The van der Waals surface area contributed by atoms with Gasteiger partial charge in [0.1, 0.15) is 12.4 Å². The number of ketones is 1. The molecular formula is C23H23F2NO4. The zero-order valence-corrected chi connectivity index (χ0v) is 16.4. The number of likely N-dealkylation sites (tertiary alicyclic amines) is 1. The van der Waals surface area contributed by atoms with Gasteiger partial charge >= 0.3 is 6.61 Å². The smallest absolute Gasteiger partial charge is 0.387 e. The molecular weight excluding hydrogens is 392 g/mol. The normalized spacial score (nSPS) is 20.7. The largest absolute Gasteiger partial charge is 0.434 e. The topological polar surface area (TPSA) is 66.8 Å². The van der Waals surface area contributed by atoms with E-state index in [1.165, 1.54) is 6.07 Å². The third kappa shape index (κ3) is 3.81. The van der Waals surface area contributed by atoms with Crippen molar-refractivity contribution in [3.05, 3.63) is 64.7 Å². The second-order valence-electron chi connectivity index (χ2n) is 7.98. The zero-order chi connectivity index (χ0) is 21.3. The highest BCUT2D eigenvalue weighted by Crippen LogP contribution is 2.44. The van der Waals surface area contributed by atoms with E-state index in [4.69, 9.17) is 5.11 Å². The van der Waals surface area contributed by atoms with Crippen molar-refractivity contribution >= 4 is 11.7 Å². The lowest BCUT2D eigenvalue weighted by atomic mass is 9.70. The van der Waals surface area contributed by atoms with Crippen LogP contribution in [0.25, 0.3) is 0 Å². The predicted octanol–water partition coefficient (Wildman–Crippen LogP) is 3.37. The molecule has 1 aliphatic carbocycles. The molecule has 158 valence electrons. The van der Waals surface area contributed by atoms with E-state index in [-0.39, 0.29) is 24.0 Å². The summed E-state index contributed by atoms with van der Waals surface area (Å²) in [6.07, 6.45) is 2.69. The van der Waals surface area contributed by atoms with Gasteiger partial charge in [-0.1, -0.05) is 30.3 Å². The van der Waals surface area contributed by atoms with Crippen molar-refractivity contribution in [3.8, 4) is 5.75 Å². The molecule has 0 bridgehead atoms. The maximum absolute atomic E-state index is 13.3. The molecule has 1 aliphatic heterocycles. The van der Waals surface area contributed by atoms with Crippen LogP contribution < -0.4 is 4.74 Å². The molecule has 1 spiro atoms. The molecule has 0 saturated carbocycles. The van der Waals surface area contributed by atoms with Crippen molar-refractivity contribution in [1.29, 1.82) is 0 Å². The highest BCUT2D eigenvalue weighted by atomic mass is 19.3. The van der Waals surface area contributed by atoms with E-state index >= 15 is 0 Å². The number of benzene rings is 2. The van der Waals surface area contributed by atoms with Gasteiger partial charge in [-0.3, -0.25) is 9.59 Å². The predicted molar refractivity (Wildman–Crippen MR) is 105 cm³/mol. The molecule has 2 aliphatic rings. The summed E-state index contributed by atoms with van der Waals surface area (Å²) in [4.78, 5) is 26.9. The highest BCUT2D eigenvalue weighted by molar-refractivity contribution is 5.97. The van der Waals surface area contributed by atoms with E-state index < -0.39 is 18.6 Å². The Morgan fingerprint density at radius 2 is 1.97 bits per heavy atom. The van der Waals surface area contributed by atoms with Crippen molar-refractivity contribution in [2.45, 2.75) is 38.8 Å².